The van der Waals surface area contributed by atoms with Crippen LogP contribution in [0, 0.1) is 0 Å². The van der Waals surface area contributed by atoms with E-state index in [1.165, 1.54) is 4.31 Å². The average molecular weight is 290 g/mol. The number of likely N-dealkylation sites (N-methyl/N-ethyl adjacent to an activating group) is 1. The number of hydrogen-bond donors (Lipinski definition) is 0. The largest absolute Gasteiger partial charge is 0.261 e. The van der Waals surface area contributed by atoms with Gasteiger partial charge in [-0.1, -0.05) is 31.2 Å². The van der Waals surface area contributed by atoms with E-state index in [1.807, 2.05) is 31.2 Å². The molecule has 0 unspecified atom stereocenters. The summed E-state index contributed by atoms with van der Waals surface area (Å²) in [5.41, 5.74) is 0.897. The zero-order valence-corrected chi connectivity index (χ0v) is 12.3. The van der Waals surface area contributed by atoms with Gasteiger partial charge in [0.2, 0.25) is 10.0 Å². The third kappa shape index (κ3) is 3.43. The fourth-order valence-electron chi connectivity index (χ4n) is 1.98. The summed E-state index contributed by atoms with van der Waals surface area (Å²) in [4.78, 5) is 4.55. The molecular formula is C15H18N2O2S. The summed E-state index contributed by atoms with van der Waals surface area (Å²) in [6.07, 6.45) is 2.33. The minimum absolute atomic E-state index is 0.336. The summed E-state index contributed by atoms with van der Waals surface area (Å²) >= 11 is 0. The smallest absolute Gasteiger partial charge is 0.243 e. The van der Waals surface area contributed by atoms with E-state index < -0.39 is 10.0 Å². The highest BCUT2D eigenvalue weighted by molar-refractivity contribution is 7.89. The van der Waals surface area contributed by atoms with Crippen LogP contribution in [0.25, 0.3) is 0 Å². The summed E-state index contributed by atoms with van der Waals surface area (Å²) in [7, 11) is -3.42. The number of nitrogens with zero attached hydrogens (tertiary/aromatic N) is 2. The van der Waals surface area contributed by atoms with Gasteiger partial charge in [-0.05, 0) is 24.3 Å². The SMILES string of the molecule is CCN(CCc1ccccn1)S(=O)(=O)c1ccccc1. The molecule has 0 bridgehead atoms. The van der Waals surface area contributed by atoms with Gasteiger partial charge >= 0.3 is 0 Å². The first-order chi connectivity index (χ1) is 9.64. The van der Waals surface area contributed by atoms with Crippen molar-refractivity contribution in [2.75, 3.05) is 13.1 Å². The molecule has 0 fully saturated rings. The van der Waals surface area contributed by atoms with E-state index in [4.69, 9.17) is 0 Å². The standard InChI is InChI=1S/C15H18N2O2S/c1-2-17(13-11-14-8-6-7-12-16-14)20(18,19)15-9-4-3-5-10-15/h3-10,12H,2,11,13H2,1H3. The number of aromatic nitrogens is 1. The zero-order chi connectivity index (χ0) is 14.4. The lowest BCUT2D eigenvalue weighted by Gasteiger charge is -2.20. The van der Waals surface area contributed by atoms with Gasteiger partial charge in [0.1, 0.15) is 0 Å². The van der Waals surface area contributed by atoms with Gasteiger partial charge in [0, 0.05) is 31.4 Å². The Labute approximate surface area is 120 Å². The highest BCUT2D eigenvalue weighted by Gasteiger charge is 2.22. The number of benzene rings is 1. The number of sulfonamides is 1. The van der Waals surface area contributed by atoms with Gasteiger partial charge < -0.3 is 0 Å². The third-order valence-corrected chi connectivity index (χ3v) is 5.07. The predicted molar refractivity (Wildman–Crippen MR) is 78.8 cm³/mol. The van der Waals surface area contributed by atoms with Crippen molar-refractivity contribution >= 4 is 10.0 Å². The second kappa shape index (κ2) is 6.63. The first kappa shape index (κ1) is 14.7. The molecule has 0 aliphatic rings. The van der Waals surface area contributed by atoms with Crippen molar-refractivity contribution in [1.29, 1.82) is 0 Å². The summed E-state index contributed by atoms with van der Waals surface area (Å²) in [6.45, 7) is 2.73. The minimum Gasteiger partial charge on any atom is -0.261 e. The van der Waals surface area contributed by atoms with Crippen LogP contribution in [0.5, 0.6) is 0 Å². The van der Waals surface area contributed by atoms with Crippen LogP contribution in [0.3, 0.4) is 0 Å². The molecule has 0 saturated carbocycles. The van der Waals surface area contributed by atoms with Crippen molar-refractivity contribution in [2.24, 2.45) is 0 Å². The maximum atomic E-state index is 12.5. The Balaban J connectivity index is 2.12. The Kier molecular flexibility index (Phi) is 4.87. The Hall–Kier alpha value is -1.72. The zero-order valence-electron chi connectivity index (χ0n) is 11.4. The molecule has 2 aromatic rings. The van der Waals surface area contributed by atoms with Gasteiger partial charge in [-0.2, -0.15) is 4.31 Å². The predicted octanol–water partition coefficient (Wildman–Crippen LogP) is 2.33. The normalized spacial score (nSPS) is 11.7. The van der Waals surface area contributed by atoms with E-state index in [-0.39, 0.29) is 0 Å². The molecule has 20 heavy (non-hydrogen) atoms. The van der Waals surface area contributed by atoms with Crippen LogP contribution in [0.4, 0.5) is 0 Å². The highest BCUT2D eigenvalue weighted by Crippen LogP contribution is 2.15. The van der Waals surface area contributed by atoms with Crippen molar-refractivity contribution in [2.45, 2.75) is 18.2 Å². The molecule has 1 heterocycles. The third-order valence-electron chi connectivity index (χ3n) is 3.08. The molecule has 0 aliphatic heterocycles. The molecule has 0 spiro atoms. The summed E-state index contributed by atoms with van der Waals surface area (Å²) in [5, 5.41) is 0. The molecule has 1 aromatic heterocycles. The van der Waals surface area contributed by atoms with Crippen LogP contribution in [0.2, 0.25) is 0 Å². The monoisotopic (exact) mass is 290 g/mol. The van der Waals surface area contributed by atoms with Gasteiger partial charge in [-0.15, -0.1) is 0 Å². The minimum atomic E-state index is -3.42. The molecule has 5 heteroatoms. The highest BCUT2D eigenvalue weighted by atomic mass is 32.2. The summed E-state index contributed by atoms with van der Waals surface area (Å²) in [6, 6.07) is 14.2. The Bertz CT molecular complexity index is 627. The average Bonchev–Trinajstić information content (AvgIpc) is 2.49. The van der Waals surface area contributed by atoms with Gasteiger partial charge in [0.15, 0.2) is 0 Å². The van der Waals surface area contributed by atoms with Crippen LogP contribution in [-0.2, 0) is 16.4 Å². The molecule has 0 radical (unpaired) electrons. The van der Waals surface area contributed by atoms with Crippen molar-refractivity contribution in [3.8, 4) is 0 Å². The van der Waals surface area contributed by atoms with Crippen LogP contribution in [-0.4, -0.2) is 30.8 Å². The number of rotatable bonds is 6. The van der Waals surface area contributed by atoms with E-state index in [9.17, 15) is 8.42 Å². The van der Waals surface area contributed by atoms with Crippen LogP contribution >= 0.6 is 0 Å². The summed E-state index contributed by atoms with van der Waals surface area (Å²) < 4.78 is 26.5. The Morgan fingerprint density at radius 1 is 1.05 bits per heavy atom. The molecule has 0 amide bonds. The Morgan fingerprint density at radius 2 is 1.75 bits per heavy atom. The molecule has 0 N–H and O–H groups in total. The second-order valence-electron chi connectivity index (χ2n) is 4.38. The van der Waals surface area contributed by atoms with Gasteiger partial charge in [-0.3, -0.25) is 4.98 Å². The molecule has 4 nitrogen and oxygen atoms in total. The molecular weight excluding hydrogens is 272 g/mol. The Morgan fingerprint density at radius 3 is 2.35 bits per heavy atom. The van der Waals surface area contributed by atoms with E-state index in [2.05, 4.69) is 4.98 Å². The van der Waals surface area contributed by atoms with Crippen molar-refractivity contribution in [3.63, 3.8) is 0 Å². The van der Waals surface area contributed by atoms with Crippen LogP contribution < -0.4 is 0 Å². The fraction of sp³-hybridized carbons (Fsp3) is 0.267. The van der Waals surface area contributed by atoms with Crippen molar-refractivity contribution < 1.29 is 8.42 Å². The van der Waals surface area contributed by atoms with Gasteiger partial charge in [0.25, 0.3) is 0 Å². The second-order valence-corrected chi connectivity index (χ2v) is 6.32. The molecule has 1 aromatic carbocycles. The quantitative estimate of drug-likeness (QED) is 0.820. The van der Waals surface area contributed by atoms with Crippen molar-refractivity contribution in [3.05, 3.63) is 60.4 Å². The van der Waals surface area contributed by atoms with Crippen molar-refractivity contribution in [1.82, 2.24) is 9.29 Å². The van der Waals surface area contributed by atoms with Crippen LogP contribution in [0.1, 0.15) is 12.6 Å². The topological polar surface area (TPSA) is 50.3 Å². The lowest BCUT2D eigenvalue weighted by atomic mass is 10.3. The first-order valence-corrected chi connectivity index (χ1v) is 8.03. The van der Waals surface area contributed by atoms with E-state index in [0.717, 1.165) is 5.69 Å². The molecule has 0 atom stereocenters. The van der Waals surface area contributed by atoms with E-state index in [0.29, 0.717) is 24.4 Å². The lowest BCUT2D eigenvalue weighted by molar-refractivity contribution is 0.429. The van der Waals surface area contributed by atoms with Crippen LogP contribution in [0.15, 0.2) is 59.6 Å². The fourth-order valence-corrected chi connectivity index (χ4v) is 3.45. The molecule has 0 aliphatic carbocycles. The maximum Gasteiger partial charge on any atom is 0.243 e. The van der Waals surface area contributed by atoms with Gasteiger partial charge in [0.05, 0.1) is 4.90 Å². The molecule has 2 rings (SSSR count). The summed E-state index contributed by atoms with van der Waals surface area (Å²) in [5.74, 6) is 0. The van der Waals surface area contributed by atoms with E-state index >= 15 is 0 Å². The first-order valence-electron chi connectivity index (χ1n) is 6.59. The number of pyridine rings is 1. The molecule has 106 valence electrons. The van der Waals surface area contributed by atoms with E-state index in [1.54, 1.807) is 30.5 Å². The maximum absolute atomic E-state index is 12.5. The lowest BCUT2D eigenvalue weighted by Crippen LogP contribution is -2.32. The number of hydrogen-bond acceptors (Lipinski definition) is 3. The molecule has 0 saturated heterocycles. The van der Waals surface area contributed by atoms with Gasteiger partial charge in [-0.25, -0.2) is 8.42 Å².